The predicted molar refractivity (Wildman–Crippen MR) is 98.1 cm³/mol. The van der Waals surface area contributed by atoms with Crippen molar-refractivity contribution in [2.24, 2.45) is 0 Å². The summed E-state index contributed by atoms with van der Waals surface area (Å²) in [4.78, 5) is 12.0. The molecule has 0 atom stereocenters. The standard InChI is InChI=1S/C18H21FN2O4S/c1-25-12-11-20-18(22)15-9-7-14(8-10-15)13-21(26(2,23)24)17-6-4-3-5-16(17)19/h3-10H,11-13H2,1-2H3,(H,20,22). The minimum atomic E-state index is -3.68. The van der Waals surface area contributed by atoms with Gasteiger partial charge in [-0.3, -0.25) is 9.10 Å². The average molecular weight is 380 g/mol. The number of amides is 1. The van der Waals surface area contributed by atoms with Crippen LogP contribution in [0.2, 0.25) is 0 Å². The Kier molecular flexibility index (Phi) is 6.70. The molecular weight excluding hydrogens is 359 g/mol. The van der Waals surface area contributed by atoms with Gasteiger partial charge in [-0.2, -0.15) is 0 Å². The van der Waals surface area contributed by atoms with Gasteiger partial charge < -0.3 is 10.1 Å². The number of benzene rings is 2. The number of carbonyl (C=O) groups is 1. The fourth-order valence-corrected chi connectivity index (χ4v) is 3.22. The lowest BCUT2D eigenvalue weighted by Crippen LogP contribution is -2.30. The van der Waals surface area contributed by atoms with E-state index in [1.54, 1.807) is 37.4 Å². The lowest BCUT2D eigenvalue weighted by atomic mass is 10.1. The third-order valence-corrected chi connectivity index (χ3v) is 4.78. The molecule has 2 aromatic carbocycles. The molecule has 1 amide bonds. The number of rotatable bonds is 8. The Morgan fingerprint density at radius 1 is 1.15 bits per heavy atom. The van der Waals surface area contributed by atoms with Crippen LogP contribution in [-0.2, 0) is 21.3 Å². The first-order valence-corrected chi connectivity index (χ1v) is 9.76. The molecule has 0 radical (unpaired) electrons. The van der Waals surface area contributed by atoms with Crippen molar-refractivity contribution < 1.29 is 22.3 Å². The fourth-order valence-electron chi connectivity index (χ4n) is 2.33. The van der Waals surface area contributed by atoms with E-state index in [-0.39, 0.29) is 18.1 Å². The monoisotopic (exact) mass is 380 g/mol. The molecule has 8 heteroatoms. The quantitative estimate of drug-likeness (QED) is 0.712. The summed E-state index contributed by atoms with van der Waals surface area (Å²) in [6, 6.07) is 12.2. The Morgan fingerprint density at radius 2 is 1.81 bits per heavy atom. The highest BCUT2D eigenvalue weighted by molar-refractivity contribution is 7.92. The van der Waals surface area contributed by atoms with Gasteiger partial charge in [0.25, 0.3) is 5.91 Å². The highest BCUT2D eigenvalue weighted by Crippen LogP contribution is 2.23. The molecule has 0 aliphatic heterocycles. The summed E-state index contributed by atoms with van der Waals surface area (Å²) in [6.07, 6.45) is 1.02. The van der Waals surface area contributed by atoms with Gasteiger partial charge in [0, 0.05) is 19.2 Å². The van der Waals surface area contributed by atoms with Crippen LogP contribution in [0.5, 0.6) is 0 Å². The molecule has 0 bridgehead atoms. The maximum atomic E-state index is 14.0. The van der Waals surface area contributed by atoms with Gasteiger partial charge in [-0.1, -0.05) is 24.3 Å². The molecule has 140 valence electrons. The predicted octanol–water partition coefficient (Wildman–Crippen LogP) is 2.17. The van der Waals surface area contributed by atoms with Gasteiger partial charge in [0.05, 0.1) is 25.1 Å². The lowest BCUT2D eigenvalue weighted by molar-refractivity contribution is 0.0937. The van der Waals surface area contributed by atoms with Gasteiger partial charge in [-0.25, -0.2) is 12.8 Å². The molecule has 6 nitrogen and oxygen atoms in total. The minimum absolute atomic E-state index is 0.0172. The number of ether oxygens (including phenoxy) is 1. The van der Waals surface area contributed by atoms with Crippen molar-refractivity contribution in [3.05, 3.63) is 65.5 Å². The van der Waals surface area contributed by atoms with E-state index in [9.17, 15) is 17.6 Å². The van der Waals surface area contributed by atoms with Gasteiger partial charge in [0.15, 0.2) is 0 Å². The van der Waals surface area contributed by atoms with E-state index < -0.39 is 15.8 Å². The van der Waals surface area contributed by atoms with Crippen molar-refractivity contribution in [1.82, 2.24) is 5.32 Å². The maximum absolute atomic E-state index is 14.0. The average Bonchev–Trinajstić information content (AvgIpc) is 2.60. The largest absolute Gasteiger partial charge is 0.383 e. The first-order valence-electron chi connectivity index (χ1n) is 7.91. The summed E-state index contributed by atoms with van der Waals surface area (Å²) in [6.45, 7) is 0.771. The van der Waals surface area contributed by atoms with Gasteiger partial charge >= 0.3 is 0 Å². The molecule has 0 spiro atoms. The van der Waals surface area contributed by atoms with E-state index >= 15 is 0 Å². The molecule has 26 heavy (non-hydrogen) atoms. The molecular formula is C18H21FN2O4S. The Morgan fingerprint density at radius 3 is 2.38 bits per heavy atom. The smallest absolute Gasteiger partial charge is 0.251 e. The number of methoxy groups -OCH3 is 1. The topological polar surface area (TPSA) is 75.7 Å². The first kappa shape index (κ1) is 19.9. The Labute approximate surface area is 152 Å². The zero-order valence-corrected chi connectivity index (χ0v) is 15.4. The number of anilines is 1. The summed E-state index contributed by atoms with van der Waals surface area (Å²) >= 11 is 0. The molecule has 0 heterocycles. The van der Waals surface area contributed by atoms with Crippen LogP contribution in [0.25, 0.3) is 0 Å². The highest BCUT2D eigenvalue weighted by Gasteiger charge is 2.21. The van der Waals surface area contributed by atoms with Gasteiger partial charge in [0.1, 0.15) is 5.82 Å². The van der Waals surface area contributed by atoms with E-state index in [1.165, 1.54) is 18.2 Å². The molecule has 0 saturated carbocycles. The van der Waals surface area contributed by atoms with Gasteiger partial charge in [-0.05, 0) is 29.8 Å². The molecule has 0 unspecified atom stereocenters. The van der Waals surface area contributed by atoms with E-state index in [0.717, 1.165) is 10.6 Å². The van der Waals surface area contributed by atoms with Crippen LogP contribution in [0.1, 0.15) is 15.9 Å². The highest BCUT2D eigenvalue weighted by atomic mass is 32.2. The molecule has 2 rings (SSSR count). The van der Waals surface area contributed by atoms with Gasteiger partial charge in [-0.15, -0.1) is 0 Å². The van der Waals surface area contributed by atoms with E-state index in [1.807, 2.05) is 0 Å². The summed E-state index contributed by atoms with van der Waals surface area (Å²) in [5.74, 6) is -0.866. The van der Waals surface area contributed by atoms with Gasteiger partial charge in [0.2, 0.25) is 10.0 Å². The second kappa shape index (κ2) is 8.77. The third-order valence-electron chi connectivity index (χ3n) is 3.66. The fraction of sp³-hybridized carbons (Fsp3) is 0.278. The van der Waals surface area contributed by atoms with E-state index in [2.05, 4.69) is 5.32 Å². The molecule has 0 aliphatic rings. The van der Waals surface area contributed by atoms with E-state index in [4.69, 9.17) is 4.74 Å². The van der Waals surface area contributed by atoms with Crippen molar-refractivity contribution in [2.75, 3.05) is 30.8 Å². The SMILES string of the molecule is COCCNC(=O)c1ccc(CN(c2ccccc2F)S(C)(=O)=O)cc1. The number of carbonyl (C=O) groups excluding carboxylic acids is 1. The molecule has 0 saturated heterocycles. The van der Waals surface area contributed by atoms with Crippen LogP contribution >= 0.6 is 0 Å². The summed E-state index contributed by atoms with van der Waals surface area (Å²) in [5, 5.41) is 2.70. The van der Waals surface area contributed by atoms with Crippen molar-refractivity contribution in [2.45, 2.75) is 6.54 Å². The molecule has 1 N–H and O–H groups in total. The van der Waals surface area contributed by atoms with Crippen LogP contribution in [0, 0.1) is 5.82 Å². The number of sulfonamides is 1. The minimum Gasteiger partial charge on any atom is -0.383 e. The summed E-state index contributed by atoms with van der Waals surface area (Å²) < 4.78 is 44.1. The number of hydrogen-bond donors (Lipinski definition) is 1. The third kappa shape index (κ3) is 5.27. The molecule has 2 aromatic rings. The first-order chi connectivity index (χ1) is 12.3. The molecule has 0 aromatic heterocycles. The normalized spacial score (nSPS) is 11.2. The number of nitrogens with one attached hydrogen (secondary N) is 1. The Hall–Kier alpha value is -2.45. The lowest BCUT2D eigenvalue weighted by Gasteiger charge is -2.23. The number of halogens is 1. The zero-order chi connectivity index (χ0) is 19.2. The van der Waals surface area contributed by atoms with Crippen LogP contribution in [-0.4, -0.2) is 40.8 Å². The van der Waals surface area contributed by atoms with Crippen molar-refractivity contribution in [3.8, 4) is 0 Å². The zero-order valence-electron chi connectivity index (χ0n) is 14.6. The number of nitrogens with zero attached hydrogens (tertiary/aromatic N) is 1. The van der Waals surface area contributed by atoms with Crippen LogP contribution in [0.4, 0.5) is 10.1 Å². The second-order valence-electron chi connectivity index (χ2n) is 5.67. The number of para-hydroxylation sites is 1. The van der Waals surface area contributed by atoms with Crippen molar-refractivity contribution in [3.63, 3.8) is 0 Å². The molecule has 0 aliphatic carbocycles. The Bertz CT molecular complexity index is 854. The summed E-state index contributed by atoms with van der Waals surface area (Å²) in [5.41, 5.74) is 1.06. The maximum Gasteiger partial charge on any atom is 0.251 e. The van der Waals surface area contributed by atoms with Crippen molar-refractivity contribution >= 4 is 21.6 Å². The Balaban J connectivity index is 2.17. The van der Waals surface area contributed by atoms with Crippen LogP contribution < -0.4 is 9.62 Å². The summed E-state index contributed by atoms with van der Waals surface area (Å²) in [7, 11) is -2.13. The van der Waals surface area contributed by atoms with Crippen molar-refractivity contribution in [1.29, 1.82) is 0 Å². The van der Waals surface area contributed by atoms with Crippen LogP contribution in [0.15, 0.2) is 48.5 Å². The van der Waals surface area contributed by atoms with Crippen LogP contribution in [0.3, 0.4) is 0 Å². The number of hydrogen-bond acceptors (Lipinski definition) is 4. The second-order valence-corrected chi connectivity index (χ2v) is 7.57. The molecule has 0 fully saturated rings. The van der Waals surface area contributed by atoms with E-state index in [0.29, 0.717) is 24.3 Å².